The van der Waals surface area contributed by atoms with Crippen LogP contribution < -0.4 is 0 Å². The first-order valence-corrected chi connectivity index (χ1v) is 15.6. The van der Waals surface area contributed by atoms with Crippen LogP contribution in [-0.2, 0) is 5.41 Å². The quantitative estimate of drug-likeness (QED) is 0.137. The van der Waals surface area contributed by atoms with Crippen molar-refractivity contribution in [3.63, 3.8) is 0 Å². The van der Waals surface area contributed by atoms with Gasteiger partial charge in [-0.05, 0) is 60.7 Å². The maximum absolute atomic E-state index is 13.5. The second kappa shape index (κ2) is 9.55. The SMILES string of the molecule is CCC1(CC)c2cc(C=C3C(=O)c4ccccc4C3=O)sc2-c2sc(/C=C3\C(=O)c4ccccc4\C3=C(/C)C#N)cc21. The first-order chi connectivity index (χ1) is 20.3. The topological polar surface area (TPSA) is 75.0 Å². The zero-order valence-electron chi connectivity index (χ0n) is 23.3. The zero-order chi connectivity index (χ0) is 29.3. The molecule has 0 fully saturated rings. The van der Waals surface area contributed by atoms with E-state index in [4.69, 9.17) is 0 Å². The minimum atomic E-state index is -0.217. The molecule has 3 aliphatic rings. The highest BCUT2D eigenvalue weighted by atomic mass is 32.1. The number of thiophene rings is 2. The van der Waals surface area contributed by atoms with E-state index in [-0.39, 0.29) is 28.3 Å². The molecule has 0 amide bonds. The van der Waals surface area contributed by atoms with E-state index < -0.39 is 0 Å². The maximum atomic E-state index is 13.5. The largest absolute Gasteiger partial charge is 0.289 e. The van der Waals surface area contributed by atoms with Gasteiger partial charge in [-0.2, -0.15) is 5.26 Å². The molecule has 0 radical (unpaired) electrons. The number of hydrogen-bond donors (Lipinski definition) is 0. The van der Waals surface area contributed by atoms with E-state index in [2.05, 4.69) is 32.0 Å². The number of carbonyl (C=O) groups excluding carboxylic acids is 3. The molecule has 0 atom stereocenters. The van der Waals surface area contributed by atoms with Gasteiger partial charge < -0.3 is 0 Å². The molecule has 3 aliphatic carbocycles. The molecule has 0 saturated heterocycles. The fourth-order valence-electron chi connectivity index (χ4n) is 6.76. The molecule has 0 saturated carbocycles. The van der Waals surface area contributed by atoms with Crippen LogP contribution >= 0.6 is 22.7 Å². The van der Waals surface area contributed by atoms with Gasteiger partial charge in [-0.1, -0.05) is 62.4 Å². The highest BCUT2D eigenvalue weighted by molar-refractivity contribution is 7.23. The number of rotatable bonds is 4. The molecule has 4 aromatic rings. The molecule has 4 nitrogen and oxygen atoms in total. The average molecular weight is 584 g/mol. The van der Waals surface area contributed by atoms with Gasteiger partial charge in [-0.15, -0.1) is 22.7 Å². The summed E-state index contributed by atoms with van der Waals surface area (Å²) in [6.07, 6.45) is 5.50. The van der Waals surface area contributed by atoms with E-state index >= 15 is 0 Å². The summed E-state index contributed by atoms with van der Waals surface area (Å²) in [5, 5.41) is 9.73. The van der Waals surface area contributed by atoms with Crippen LogP contribution in [0.1, 0.15) is 91.1 Å². The summed E-state index contributed by atoms with van der Waals surface area (Å²) in [4.78, 5) is 43.8. The van der Waals surface area contributed by atoms with Gasteiger partial charge in [0.15, 0.2) is 17.3 Å². The molecule has 0 bridgehead atoms. The standard InChI is InChI=1S/C36H25NO3S2/c1-4-36(5-2)28-16-20(14-26-30(19(3)18-37)22-10-6-7-11-23(22)31(26)38)41-34(28)35-29(36)17-21(42-35)15-27-32(39)24-12-8-9-13-25(24)33(27)40/h6-17H,4-5H2,1-3H3/b26-14-,30-19-. The summed E-state index contributed by atoms with van der Waals surface area (Å²) in [7, 11) is 0. The van der Waals surface area contributed by atoms with Crippen molar-refractivity contribution in [1.29, 1.82) is 5.26 Å². The van der Waals surface area contributed by atoms with Crippen LogP contribution in [-0.4, -0.2) is 17.3 Å². The highest BCUT2D eigenvalue weighted by Gasteiger charge is 2.44. The van der Waals surface area contributed by atoms with Gasteiger partial charge in [0.2, 0.25) is 0 Å². The summed E-state index contributed by atoms with van der Waals surface area (Å²) >= 11 is 3.27. The van der Waals surface area contributed by atoms with E-state index in [0.717, 1.165) is 33.0 Å². The molecule has 0 spiro atoms. The van der Waals surface area contributed by atoms with Gasteiger partial charge in [0, 0.05) is 58.3 Å². The molecule has 0 N–H and O–H groups in total. The Morgan fingerprint density at radius 1 is 0.738 bits per heavy atom. The molecular weight excluding hydrogens is 559 g/mol. The molecule has 204 valence electrons. The highest BCUT2D eigenvalue weighted by Crippen LogP contribution is 2.59. The number of carbonyl (C=O) groups is 3. The molecule has 6 heteroatoms. The van der Waals surface area contributed by atoms with Crippen molar-refractivity contribution >= 4 is 57.7 Å². The van der Waals surface area contributed by atoms with Crippen molar-refractivity contribution in [3.05, 3.63) is 121 Å². The predicted molar refractivity (Wildman–Crippen MR) is 169 cm³/mol. The predicted octanol–water partition coefficient (Wildman–Crippen LogP) is 8.94. The smallest absolute Gasteiger partial charge is 0.197 e. The molecule has 2 heterocycles. The number of benzene rings is 2. The maximum Gasteiger partial charge on any atom is 0.197 e. The van der Waals surface area contributed by atoms with Gasteiger partial charge in [0.25, 0.3) is 0 Å². The molecule has 0 aliphatic heterocycles. The molecule has 2 aromatic carbocycles. The number of nitrogens with zero attached hydrogens (tertiary/aromatic N) is 1. The lowest BCUT2D eigenvalue weighted by atomic mass is 9.75. The Morgan fingerprint density at radius 3 is 1.64 bits per heavy atom. The fourth-order valence-corrected chi connectivity index (χ4v) is 9.32. The number of hydrogen-bond acceptors (Lipinski definition) is 6. The van der Waals surface area contributed by atoms with Crippen LogP contribution in [0.25, 0.3) is 27.5 Å². The third-order valence-electron chi connectivity index (χ3n) is 8.92. The van der Waals surface area contributed by atoms with Crippen molar-refractivity contribution in [2.24, 2.45) is 0 Å². The Bertz CT molecular complexity index is 2000. The third-order valence-corrected chi connectivity index (χ3v) is 11.3. The number of ketones is 3. The summed E-state index contributed by atoms with van der Waals surface area (Å²) in [6.45, 7) is 6.16. The fraction of sp³-hybridized carbons (Fsp3) is 0.167. The van der Waals surface area contributed by atoms with Gasteiger partial charge in [0.1, 0.15) is 0 Å². The van der Waals surface area contributed by atoms with Gasteiger partial charge >= 0.3 is 0 Å². The van der Waals surface area contributed by atoms with Crippen molar-refractivity contribution < 1.29 is 14.4 Å². The average Bonchev–Trinajstić information content (AvgIpc) is 3.78. The molecule has 2 aromatic heterocycles. The van der Waals surface area contributed by atoms with Gasteiger partial charge in [-0.25, -0.2) is 0 Å². The van der Waals surface area contributed by atoms with Crippen molar-refractivity contribution in [3.8, 4) is 15.8 Å². The second-order valence-electron chi connectivity index (χ2n) is 10.9. The minimum absolute atomic E-state index is 0.0568. The molecule has 42 heavy (non-hydrogen) atoms. The summed E-state index contributed by atoms with van der Waals surface area (Å²) in [6, 6.07) is 21.1. The van der Waals surface area contributed by atoms with E-state index in [1.54, 1.807) is 59.9 Å². The van der Waals surface area contributed by atoms with Crippen LogP contribution in [0, 0.1) is 11.3 Å². The monoisotopic (exact) mass is 583 g/mol. The lowest BCUT2D eigenvalue weighted by Gasteiger charge is -2.28. The number of Topliss-reactive ketones (excluding diaryl/α,β-unsaturated/α-hetero) is 3. The number of fused-ring (bicyclic) bond motifs is 5. The zero-order valence-corrected chi connectivity index (χ0v) is 25.0. The summed E-state index contributed by atoms with van der Waals surface area (Å²) < 4.78 is 0. The summed E-state index contributed by atoms with van der Waals surface area (Å²) in [5.74, 6) is -0.490. The Hall–Kier alpha value is -4.44. The van der Waals surface area contributed by atoms with Gasteiger partial charge in [-0.3, -0.25) is 14.4 Å². The lowest BCUT2D eigenvalue weighted by molar-refractivity contribution is 0.0988. The Labute approximate surface area is 252 Å². The summed E-state index contributed by atoms with van der Waals surface area (Å²) in [5.41, 5.74) is 6.70. The normalized spacial score (nSPS) is 18.2. The first-order valence-electron chi connectivity index (χ1n) is 14.0. The molecular formula is C36H25NO3S2. The first kappa shape index (κ1) is 26.5. The van der Waals surface area contributed by atoms with Crippen LogP contribution in [0.15, 0.2) is 77.4 Å². The number of nitriles is 1. The van der Waals surface area contributed by atoms with Gasteiger partial charge in [0.05, 0.1) is 11.6 Å². The molecule has 7 rings (SSSR count). The van der Waals surface area contributed by atoms with E-state index in [1.807, 2.05) is 30.3 Å². The molecule has 0 unspecified atom stereocenters. The van der Waals surface area contributed by atoms with Crippen LogP contribution in [0.5, 0.6) is 0 Å². The van der Waals surface area contributed by atoms with Crippen molar-refractivity contribution in [1.82, 2.24) is 0 Å². The minimum Gasteiger partial charge on any atom is -0.289 e. The van der Waals surface area contributed by atoms with E-state index in [1.165, 1.54) is 16.0 Å². The Kier molecular flexibility index (Phi) is 6.02. The second-order valence-corrected chi connectivity index (χ2v) is 13.0. The van der Waals surface area contributed by atoms with E-state index in [9.17, 15) is 19.6 Å². The third kappa shape index (κ3) is 3.54. The van der Waals surface area contributed by atoms with Crippen LogP contribution in [0.3, 0.4) is 0 Å². The Morgan fingerprint density at radius 2 is 1.17 bits per heavy atom. The lowest BCUT2D eigenvalue weighted by Crippen LogP contribution is -2.22. The number of allylic oxidation sites excluding steroid dienone is 4. The van der Waals surface area contributed by atoms with E-state index in [0.29, 0.717) is 33.4 Å². The Balaban J connectivity index is 1.34. The van der Waals surface area contributed by atoms with Crippen LogP contribution in [0.4, 0.5) is 0 Å². The van der Waals surface area contributed by atoms with Crippen molar-refractivity contribution in [2.75, 3.05) is 0 Å². The van der Waals surface area contributed by atoms with Crippen molar-refractivity contribution in [2.45, 2.75) is 39.0 Å². The van der Waals surface area contributed by atoms with Crippen LogP contribution in [0.2, 0.25) is 0 Å².